The van der Waals surface area contributed by atoms with Crippen molar-refractivity contribution in [2.45, 2.75) is 38.4 Å². The van der Waals surface area contributed by atoms with Gasteiger partial charge in [-0.2, -0.15) is 5.10 Å². The molecule has 3 aromatic rings. The molecule has 0 radical (unpaired) electrons. The van der Waals surface area contributed by atoms with Gasteiger partial charge in [-0.05, 0) is 39.0 Å². The second kappa shape index (κ2) is 10.6. The highest BCUT2D eigenvalue weighted by atomic mass is 16.6. The summed E-state index contributed by atoms with van der Waals surface area (Å²) < 4.78 is 18.4. The van der Waals surface area contributed by atoms with Gasteiger partial charge < -0.3 is 28.9 Å². The van der Waals surface area contributed by atoms with Gasteiger partial charge in [0.1, 0.15) is 11.4 Å². The molecule has 2 fully saturated rings. The van der Waals surface area contributed by atoms with E-state index < -0.39 is 23.4 Å². The van der Waals surface area contributed by atoms with Gasteiger partial charge in [0.05, 0.1) is 25.4 Å². The number of fused-ring (bicyclic) bond motifs is 1. The van der Waals surface area contributed by atoms with E-state index in [0.717, 1.165) is 16.9 Å². The molecule has 1 unspecified atom stereocenters. The third kappa shape index (κ3) is 5.45. The standard InChI is InChI=1S/C28H33N7O5/c1-6-28(10-13-34(19-28)26(37)39-27(2,3)4)40-25(36)33-16-14-32(15-17-33)22-9-12-35-23(31-22)21(18-30-35)20-8-7-11-29-24(20)38-5/h1,7-9,11-12,18H,10,13-17,19H2,2-5H3. The first-order chi connectivity index (χ1) is 19.1. The van der Waals surface area contributed by atoms with Crippen LogP contribution in [-0.2, 0) is 9.47 Å². The maximum Gasteiger partial charge on any atom is 0.411 e. The van der Waals surface area contributed by atoms with E-state index in [1.807, 2.05) is 24.4 Å². The van der Waals surface area contributed by atoms with Gasteiger partial charge in [0, 0.05) is 57.1 Å². The Labute approximate surface area is 232 Å². The van der Waals surface area contributed by atoms with Crippen LogP contribution in [0.3, 0.4) is 0 Å². The summed E-state index contributed by atoms with van der Waals surface area (Å²) in [6, 6.07) is 5.66. The number of amides is 2. The molecular formula is C28H33N7O5. The number of methoxy groups -OCH3 is 1. The third-order valence-corrected chi connectivity index (χ3v) is 6.90. The lowest BCUT2D eigenvalue weighted by atomic mass is 10.1. The highest BCUT2D eigenvalue weighted by Gasteiger charge is 2.44. The Morgan fingerprint density at radius 1 is 1.05 bits per heavy atom. The van der Waals surface area contributed by atoms with Crippen LogP contribution >= 0.6 is 0 Å². The fourth-order valence-electron chi connectivity index (χ4n) is 4.83. The number of carbonyl (C=O) groups is 2. The van der Waals surface area contributed by atoms with Crippen LogP contribution in [0.5, 0.6) is 5.88 Å². The van der Waals surface area contributed by atoms with E-state index in [1.165, 1.54) is 4.90 Å². The van der Waals surface area contributed by atoms with Crippen molar-refractivity contribution < 1.29 is 23.8 Å². The first-order valence-corrected chi connectivity index (χ1v) is 13.1. The van der Waals surface area contributed by atoms with Gasteiger partial charge in [0.25, 0.3) is 0 Å². The molecular weight excluding hydrogens is 514 g/mol. The number of likely N-dealkylation sites (tertiary alicyclic amines) is 1. The van der Waals surface area contributed by atoms with Crippen LogP contribution in [-0.4, -0.2) is 99.1 Å². The second-order valence-electron chi connectivity index (χ2n) is 10.8. The van der Waals surface area contributed by atoms with Gasteiger partial charge in [-0.25, -0.2) is 24.1 Å². The lowest BCUT2D eigenvalue weighted by Gasteiger charge is -2.36. The number of hydrogen-bond acceptors (Lipinski definition) is 9. The molecule has 210 valence electrons. The number of rotatable bonds is 4. The van der Waals surface area contributed by atoms with Crippen LogP contribution in [0, 0.1) is 12.3 Å². The van der Waals surface area contributed by atoms with E-state index in [2.05, 4.69) is 20.9 Å². The monoisotopic (exact) mass is 547 g/mol. The molecule has 40 heavy (non-hydrogen) atoms. The fourth-order valence-corrected chi connectivity index (χ4v) is 4.83. The van der Waals surface area contributed by atoms with Crippen LogP contribution in [0.15, 0.2) is 36.8 Å². The van der Waals surface area contributed by atoms with Crippen molar-refractivity contribution in [3.8, 4) is 29.4 Å². The molecule has 0 aliphatic carbocycles. The van der Waals surface area contributed by atoms with Gasteiger partial charge in [0.2, 0.25) is 5.88 Å². The molecule has 0 N–H and O–H groups in total. The number of ether oxygens (including phenoxy) is 3. The molecule has 0 spiro atoms. The molecule has 2 saturated heterocycles. The van der Waals surface area contributed by atoms with Crippen molar-refractivity contribution in [2.24, 2.45) is 0 Å². The number of pyridine rings is 1. The first-order valence-electron chi connectivity index (χ1n) is 13.1. The molecule has 12 nitrogen and oxygen atoms in total. The largest absolute Gasteiger partial charge is 0.481 e. The van der Waals surface area contributed by atoms with Crippen molar-refractivity contribution in [3.63, 3.8) is 0 Å². The molecule has 2 amide bonds. The Morgan fingerprint density at radius 3 is 2.52 bits per heavy atom. The number of carbonyl (C=O) groups excluding carboxylic acids is 2. The predicted octanol–water partition coefficient (Wildman–Crippen LogP) is 3.07. The average Bonchev–Trinajstić information content (AvgIpc) is 3.57. The highest BCUT2D eigenvalue weighted by molar-refractivity contribution is 5.80. The van der Waals surface area contributed by atoms with E-state index in [9.17, 15) is 9.59 Å². The van der Waals surface area contributed by atoms with E-state index in [0.29, 0.717) is 50.7 Å². The van der Waals surface area contributed by atoms with Crippen molar-refractivity contribution in [1.29, 1.82) is 0 Å². The summed E-state index contributed by atoms with van der Waals surface area (Å²) in [5.41, 5.74) is 0.489. The summed E-state index contributed by atoms with van der Waals surface area (Å²) in [6.07, 6.45) is 10.5. The third-order valence-electron chi connectivity index (χ3n) is 6.90. The fraction of sp³-hybridized carbons (Fsp3) is 0.464. The van der Waals surface area contributed by atoms with Crippen molar-refractivity contribution in [2.75, 3.05) is 51.3 Å². The number of anilines is 1. The van der Waals surface area contributed by atoms with Crippen molar-refractivity contribution in [1.82, 2.24) is 29.4 Å². The first kappa shape index (κ1) is 27.1. The molecule has 5 rings (SSSR count). The minimum absolute atomic E-state index is 0.101. The molecule has 0 saturated carbocycles. The molecule has 1 atom stereocenters. The maximum absolute atomic E-state index is 13.1. The molecule has 2 aliphatic heterocycles. The quantitative estimate of drug-likeness (QED) is 0.455. The topological polar surface area (TPSA) is 115 Å². The van der Waals surface area contributed by atoms with Crippen molar-refractivity contribution in [3.05, 3.63) is 36.8 Å². The second-order valence-corrected chi connectivity index (χ2v) is 10.8. The Balaban J connectivity index is 1.23. The van der Waals surface area contributed by atoms with Crippen LogP contribution in [0.1, 0.15) is 27.2 Å². The summed E-state index contributed by atoms with van der Waals surface area (Å²) in [5.74, 6) is 3.88. The summed E-state index contributed by atoms with van der Waals surface area (Å²) in [7, 11) is 1.58. The Morgan fingerprint density at radius 2 is 1.82 bits per heavy atom. The van der Waals surface area contributed by atoms with Gasteiger partial charge in [-0.15, -0.1) is 6.42 Å². The van der Waals surface area contributed by atoms with E-state index in [4.69, 9.17) is 25.6 Å². The number of piperazine rings is 1. The summed E-state index contributed by atoms with van der Waals surface area (Å²) in [4.78, 5) is 39.9. The van der Waals surface area contributed by atoms with Crippen LogP contribution < -0.4 is 9.64 Å². The molecule has 0 aromatic carbocycles. The average molecular weight is 548 g/mol. The normalized spacial score (nSPS) is 19.4. The van der Waals surface area contributed by atoms with Gasteiger partial charge in [-0.1, -0.05) is 5.92 Å². The minimum atomic E-state index is -1.18. The Bertz CT molecular complexity index is 1450. The number of nitrogens with zero attached hydrogens (tertiary/aromatic N) is 7. The van der Waals surface area contributed by atoms with E-state index in [-0.39, 0.29) is 6.54 Å². The van der Waals surface area contributed by atoms with Crippen LogP contribution in [0.2, 0.25) is 0 Å². The number of hydrogen-bond donors (Lipinski definition) is 0. The highest BCUT2D eigenvalue weighted by Crippen LogP contribution is 2.31. The molecule has 0 bridgehead atoms. The Kier molecular flexibility index (Phi) is 7.14. The maximum atomic E-state index is 13.1. The number of aromatic nitrogens is 4. The van der Waals surface area contributed by atoms with Crippen LogP contribution in [0.4, 0.5) is 15.4 Å². The minimum Gasteiger partial charge on any atom is -0.481 e. The molecule has 2 aliphatic rings. The van der Waals surface area contributed by atoms with Gasteiger partial charge >= 0.3 is 12.2 Å². The lowest BCUT2D eigenvalue weighted by molar-refractivity contribution is 0.0131. The summed E-state index contributed by atoms with van der Waals surface area (Å²) >= 11 is 0. The zero-order valence-electron chi connectivity index (χ0n) is 23.2. The summed E-state index contributed by atoms with van der Waals surface area (Å²) in [6.45, 7) is 7.85. The van der Waals surface area contributed by atoms with Crippen LogP contribution in [0.25, 0.3) is 16.8 Å². The zero-order chi connectivity index (χ0) is 28.5. The Hall–Kier alpha value is -4.53. The number of terminal acetylenes is 1. The van der Waals surface area contributed by atoms with E-state index >= 15 is 0 Å². The molecule has 5 heterocycles. The van der Waals surface area contributed by atoms with Gasteiger partial charge in [0.15, 0.2) is 11.2 Å². The predicted molar refractivity (Wildman–Crippen MR) is 147 cm³/mol. The lowest BCUT2D eigenvalue weighted by Crippen LogP contribution is -2.51. The zero-order valence-corrected chi connectivity index (χ0v) is 23.2. The van der Waals surface area contributed by atoms with Gasteiger partial charge in [-0.3, -0.25) is 0 Å². The molecule has 3 aromatic heterocycles. The van der Waals surface area contributed by atoms with Crippen molar-refractivity contribution >= 4 is 23.7 Å². The summed E-state index contributed by atoms with van der Waals surface area (Å²) in [5, 5.41) is 4.42. The smallest absolute Gasteiger partial charge is 0.411 e. The SMILES string of the molecule is C#CC1(OC(=O)N2CCN(c3ccn4ncc(-c5cccnc5OC)c4n3)CC2)CCN(C(=O)OC(C)(C)C)C1. The van der Waals surface area contributed by atoms with E-state index in [1.54, 1.807) is 49.7 Å². The molecule has 12 heteroatoms.